The lowest BCUT2D eigenvalue weighted by Crippen LogP contribution is -2.14. The zero-order valence-corrected chi connectivity index (χ0v) is 18.1. The Morgan fingerprint density at radius 2 is 2.00 bits per heavy atom. The summed E-state index contributed by atoms with van der Waals surface area (Å²) in [5, 5.41) is 5.63. The SMILES string of the molecule is COCc1ccc(Nc2cc(NC(=O)C3CC3)nc3[nH]c(C(F)F)nc23)c(S(C)(=O)=O)c1. The number of methoxy groups -OCH3 is 1. The number of hydrogen-bond acceptors (Lipinski definition) is 7. The van der Waals surface area contributed by atoms with E-state index >= 15 is 0 Å². The minimum atomic E-state index is -3.64. The monoisotopic (exact) mass is 465 g/mol. The average molecular weight is 465 g/mol. The lowest BCUT2D eigenvalue weighted by Gasteiger charge is -2.14. The fraction of sp³-hybridized carbons (Fsp3) is 0.350. The molecule has 0 spiro atoms. The summed E-state index contributed by atoms with van der Waals surface area (Å²) >= 11 is 0. The highest BCUT2D eigenvalue weighted by molar-refractivity contribution is 7.90. The van der Waals surface area contributed by atoms with Crippen LogP contribution in [0.2, 0.25) is 0 Å². The zero-order chi connectivity index (χ0) is 23.0. The number of halogens is 2. The summed E-state index contributed by atoms with van der Waals surface area (Å²) in [6.45, 7) is 0.219. The molecule has 0 bridgehead atoms. The topological polar surface area (TPSA) is 126 Å². The summed E-state index contributed by atoms with van der Waals surface area (Å²) in [6.07, 6.45) is -0.229. The molecule has 3 aromatic rings. The standard InChI is InChI=1S/C20H21F2N5O4S/c1-31-9-10-3-6-12(14(7-10)32(2,29)30)23-13-8-15(25-20(28)11-4-5-11)24-18-16(13)26-19(27-18)17(21)22/h3,6-8,11,17H,4-5,9H2,1-2H3,(H3,23,24,25,26,27,28). The number of aromatic amines is 1. The molecule has 1 amide bonds. The normalized spacial score (nSPS) is 14.2. The van der Waals surface area contributed by atoms with E-state index in [1.54, 1.807) is 12.1 Å². The number of alkyl halides is 2. The van der Waals surface area contributed by atoms with Crippen LogP contribution < -0.4 is 10.6 Å². The third-order valence-corrected chi connectivity index (χ3v) is 6.04. The van der Waals surface area contributed by atoms with Gasteiger partial charge in [0.05, 0.1) is 22.9 Å². The molecule has 9 nitrogen and oxygen atoms in total. The summed E-state index contributed by atoms with van der Waals surface area (Å²) in [5.74, 6) is -0.747. The maximum absolute atomic E-state index is 13.2. The van der Waals surface area contributed by atoms with Gasteiger partial charge in [0.25, 0.3) is 6.43 Å². The van der Waals surface area contributed by atoms with Crippen LogP contribution in [0.5, 0.6) is 0 Å². The number of benzene rings is 1. The number of amides is 1. The molecule has 12 heteroatoms. The molecular weight excluding hydrogens is 444 g/mol. The van der Waals surface area contributed by atoms with Crippen LogP contribution >= 0.6 is 0 Å². The second kappa shape index (κ2) is 8.43. The third-order valence-electron chi connectivity index (χ3n) is 4.90. The fourth-order valence-corrected chi connectivity index (χ4v) is 4.11. The summed E-state index contributed by atoms with van der Waals surface area (Å²) in [6, 6.07) is 6.15. The summed E-state index contributed by atoms with van der Waals surface area (Å²) in [7, 11) is -2.14. The number of sulfone groups is 1. The molecule has 0 aliphatic heterocycles. The first kappa shape index (κ1) is 22.1. The number of nitrogens with one attached hydrogen (secondary N) is 3. The number of ether oxygens (including phenoxy) is 1. The molecule has 1 aliphatic carbocycles. The molecule has 0 unspecified atom stereocenters. The molecule has 0 atom stereocenters. The van der Waals surface area contributed by atoms with Crippen molar-refractivity contribution in [2.24, 2.45) is 5.92 Å². The Bertz CT molecular complexity index is 1290. The van der Waals surface area contributed by atoms with Crippen molar-refractivity contribution in [2.75, 3.05) is 24.0 Å². The van der Waals surface area contributed by atoms with Gasteiger partial charge < -0.3 is 20.4 Å². The fourth-order valence-electron chi connectivity index (χ4n) is 3.22. The maximum Gasteiger partial charge on any atom is 0.295 e. The van der Waals surface area contributed by atoms with E-state index in [9.17, 15) is 22.0 Å². The Hall–Kier alpha value is -3.12. The first-order valence-corrected chi connectivity index (χ1v) is 11.6. The zero-order valence-electron chi connectivity index (χ0n) is 17.3. The molecule has 1 saturated carbocycles. The van der Waals surface area contributed by atoms with Crippen molar-refractivity contribution in [3.8, 4) is 0 Å². The third kappa shape index (κ3) is 4.70. The molecule has 32 heavy (non-hydrogen) atoms. The van der Waals surface area contributed by atoms with Gasteiger partial charge in [0.15, 0.2) is 21.3 Å². The van der Waals surface area contributed by atoms with Gasteiger partial charge in [-0.25, -0.2) is 27.2 Å². The smallest absolute Gasteiger partial charge is 0.295 e. The molecule has 2 aromatic heterocycles. The van der Waals surface area contributed by atoms with Crippen LogP contribution in [-0.2, 0) is 26.0 Å². The molecule has 4 rings (SSSR count). The van der Waals surface area contributed by atoms with Crippen molar-refractivity contribution in [2.45, 2.75) is 30.8 Å². The van der Waals surface area contributed by atoms with Crippen LogP contribution in [0.3, 0.4) is 0 Å². The number of hydrogen-bond donors (Lipinski definition) is 3. The van der Waals surface area contributed by atoms with E-state index in [0.717, 1.165) is 19.1 Å². The van der Waals surface area contributed by atoms with Gasteiger partial charge >= 0.3 is 0 Å². The summed E-state index contributed by atoms with van der Waals surface area (Å²) in [4.78, 5) is 22.7. The van der Waals surface area contributed by atoms with E-state index < -0.39 is 22.1 Å². The maximum atomic E-state index is 13.2. The van der Waals surface area contributed by atoms with Gasteiger partial charge in [0.1, 0.15) is 11.3 Å². The van der Waals surface area contributed by atoms with Crippen LogP contribution in [0.15, 0.2) is 29.2 Å². The van der Waals surface area contributed by atoms with Crippen molar-refractivity contribution in [1.82, 2.24) is 15.0 Å². The van der Waals surface area contributed by atoms with Gasteiger partial charge in [-0.2, -0.15) is 0 Å². The molecule has 1 aliphatic rings. The van der Waals surface area contributed by atoms with Crippen molar-refractivity contribution < 1.29 is 26.7 Å². The average Bonchev–Trinajstić information content (AvgIpc) is 3.47. The van der Waals surface area contributed by atoms with Crippen LogP contribution in [-0.4, -0.2) is 42.6 Å². The number of aromatic nitrogens is 3. The van der Waals surface area contributed by atoms with Crippen LogP contribution in [0.25, 0.3) is 11.2 Å². The first-order chi connectivity index (χ1) is 15.2. The van der Waals surface area contributed by atoms with E-state index in [1.807, 2.05) is 0 Å². The number of anilines is 3. The molecule has 0 radical (unpaired) electrons. The predicted molar refractivity (Wildman–Crippen MR) is 114 cm³/mol. The number of carbonyl (C=O) groups is 1. The van der Waals surface area contributed by atoms with E-state index in [4.69, 9.17) is 4.74 Å². The highest BCUT2D eigenvalue weighted by atomic mass is 32.2. The number of fused-ring (bicyclic) bond motifs is 1. The second-order valence-corrected chi connectivity index (χ2v) is 9.58. The number of rotatable bonds is 8. The van der Waals surface area contributed by atoms with Crippen molar-refractivity contribution in [3.63, 3.8) is 0 Å². The minimum Gasteiger partial charge on any atom is -0.380 e. The molecule has 3 N–H and O–H groups in total. The van der Waals surface area contributed by atoms with Crippen molar-refractivity contribution >= 4 is 44.1 Å². The van der Waals surface area contributed by atoms with E-state index in [2.05, 4.69) is 25.6 Å². The number of H-pyrrole nitrogens is 1. The van der Waals surface area contributed by atoms with E-state index in [0.29, 0.717) is 5.56 Å². The molecule has 1 fully saturated rings. The number of imidazole rings is 1. The van der Waals surface area contributed by atoms with Crippen LogP contribution in [0.4, 0.5) is 26.0 Å². The van der Waals surface area contributed by atoms with E-state index in [1.165, 1.54) is 19.2 Å². The highest BCUT2D eigenvalue weighted by Crippen LogP contribution is 2.34. The van der Waals surface area contributed by atoms with Gasteiger partial charge in [-0.15, -0.1) is 0 Å². The van der Waals surface area contributed by atoms with Crippen LogP contribution in [0.1, 0.15) is 30.7 Å². The second-order valence-electron chi connectivity index (χ2n) is 7.60. The Balaban J connectivity index is 1.79. The number of carbonyl (C=O) groups excluding carboxylic acids is 1. The van der Waals surface area contributed by atoms with Crippen molar-refractivity contribution in [3.05, 3.63) is 35.7 Å². The lowest BCUT2D eigenvalue weighted by atomic mass is 10.2. The Morgan fingerprint density at radius 1 is 1.25 bits per heavy atom. The van der Waals surface area contributed by atoms with Crippen LogP contribution in [0, 0.1) is 5.92 Å². The molecule has 0 saturated heterocycles. The quantitative estimate of drug-likeness (QED) is 0.464. The summed E-state index contributed by atoms with van der Waals surface area (Å²) < 4.78 is 56.3. The van der Waals surface area contributed by atoms with Gasteiger partial charge in [0, 0.05) is 25.3 Å². The Kier molecular flexibility index (Phi) is 5.82. The molecule has 170 valence electrons. The molecular formula is C20H21F2N5O4S. The Morgan fingerprint density at radius 3 is 2.62 bits per heavy atom. The van der Waals surface area contributed by atoms with Gasteiger partial charge in [-0.3, -0.25) is 4.79 Å². The molecule has 2 heterocycles. The Labute approximate surface area is 182 Å². The number of nitrogens with zero attached hydrogens (tertiary/aromatic N) is 2. The highest BCUT2D eigenvalue weighted by Gasteiger charge is 2.30. The van der Waals surface area contributed by atoms with Gasteiger partial charge in [-0.1, -0.05) is 6.07 Å². The van der Waals surface area contributed by atoms with Gasteiger partial charge in [-0.05, 0) is 30.5 Å². The van der Waals surface area contributed by atoms with E-state index in [-0.39, 0.29) is 51.7 Å². The van der Waals surface area contributed by atoms with Gasteiger partial charge in [0.2, 0.25) is 5.91 Å². The number of pyridine rings is 1. The molecule has 1 aromatic carbocycles. The largest absolute Gasteiger partial charge is 0.380 e. The lowest BCUT2D eigenvalue weighted by molar-refractivity contribution is -0.117. The minimum absolute atomic E-state index is 0.00481. The predicted octanol–water partition coefficient (Wildman–Crippen LogP) is 3.54. The van der Waals surface area contributed by atoms with Crippen molar-refractivity contribution in [1.29, 1.82) is 0 Å². The summed E-state index contributed by atoms with van der Waals surface area (Å²) in [5.41, 5.74) is 1.21. The first-order valence-electron chi connectivity index (χ1n) is 9.74.